The van der Waals surface area contributed by atoms with Gasteiger partial charge in [-0.25, -0.2) is 0 Å². The normalized spacial score (nSPS) is 13.7. The fourth-order valence-electron chi connectivity index (χ4n) is 2.53. The van der Waals surface area contributed by atoms with Gasteiger partial charge in [0.25, 0.3) is 5.56 Å². The summed E-state index contributed by atoms with van der Waals surface area (Å²) in [6, 6.07) is 6.27. The summed E-state index contributed by atoms with van der Waals surface area (Å²) in [5, 5.41) is 13.0. The van der Waals surface area contributed by atoms with Gasteiger partial charge in [-0.05, 0) is 24.3 Å². The number of hydrogen-bond donors (Lipinski definition) is 1. The molecule has 1 N–H and O–H groups in total. The predicted molar refractivity (Wildman–Crippen MR) is 99.4 cm³/mol. The van der Waals surface area contributed by atoms with Crippen molar-refractivity contribution in [1.82, 2.24) is 14.9 Å². The fourth-order valence-corrected chi connectivity index (χ4v) is 2.76. The average Bonchev–Trinajstić information content (AvgIpc) is 2.95. The Morgan fingerprint density at radius 3 is 2.69 bits per heavy atom. The molecule has 0 spiro atoms. The number of nitrogens with one attached hydrogen (secondary N) is 1. The fraction of sp³-hybridized carbons (Fsp3) is 0.167. The smallest absolute Gasteiger partial charge is 0.420 e. The van der Waals surface area contributed by atoms with Crippen LogP contribution in [0.3, 0.4) is 0 Å². The SMILES string of the molecule is C=C1NN=C(Cn2ccc(C(F)(F)F)c(Oc3cc(Cl)cc(C#N)c3)c2=O)N1C. The first kappa shape index (κ1) is 20.3. The molecular weight excluding hydrogens is 411 g/mol. The van der Waals surface area contributed by atoms with Crippen LogP contribution in [0.15, 0.2) is 52.8 Å². The third kappa shape index (κ3) is 4.20. The molecule has 0 saturated carbocycles. The van der Waals surface area contributed by atoms with Gasteiger partial charge < -0.3 is 14.2 Å². The first-order chi connectivity index (χ1) is 13.6. The van der Waals surface area contributed by atoms with Crippen molar-refractivity contribution in [3.63, 3.8) is 0 Å². The molecule has 29 heavy (non-hydrogen) atoms. The largest absolute Gasteiger partial charge is 0.451 e. The van der Waals surface area contributed by atoms with Gasteiger partial charge in [-0.3, -0.25) is 10.2 Å². The van der Waals surface area contributed by atoms with Gasteiger partial charge in [0.05, 0.1) is 18.2 Å². The van der Waals surface area contributed by atoms with Crippen LogP contribution in [0.1, 0.15) is 11.1 Å². The monoisotopic (exact) mass is 423 g/mol. The lowest BCUT2D eigenvalue weighted by Crippen LogP contribution is -2.32. The number of nitrogens with zero attached hydrogens (tertiary/aromatic N) is 4. The molecule has 2 heterocycles. The molecular formula is C18H13ClF3N5O2. The second kappa shape index (κ2) is 7.52. The number of pyridine rings is 1. The maximum atomic E-state index is 13.4. The molecule has 0 saturated heterocycles. The Bertz CT molecular complexity index is 1120. The van der Waals surface area contributed by atoms with Crippen molar-refractivity contribution in [2.75, 3.05) is 7.05 Å². The summed E-state index contributed by atoms with van der Waals surface area (Å²) in [5.74, 6) is -0.268. The molecule has 11 heteroatoms. The summed E-state index contributed by atoms with van der Waals surface area (Å²) in [7, 11) is 1.64. The first-order valence-corrected chi connectivity index (χ1v) is 8.42. The van der Waals surface area contributed by atoms with Crippen LogP contribution in [0.4, 0.5) is 13.2 Å². The molecule has 0 bridgehead atoms. The Balaban J connectivity index is 2.06. The van der Waals surface area contributed by atoms with Crippen LogP contribution in [0.5, 0.6) is 11.5 Å². The lowest BCUT2D eigenvalue weighted by molar-refractivity contribution is -0.138. The molecule has 3 rings (SSSR count). The molecule has 2 aromatic rings. The second-order valence-corrected chi connectivity index (χ2v) is 6.46. The van der Waals surface area contributed by atoms with Gasteiger partial charge in [-0.2, -0.15) is 23.5 Å². The zero-order valence-electron chi connectivity index (χ0n) is 14.9. The van der Waals surface area contributed by atoms with Gasteiger partial charge in [0.2, 0.25) is 5.75 Å². The number of ether oxygens (including phenoxy) is 1. The molecule has 0 amide bonds. The minimum absolute atomic E-state index is 0.0730. The Morgan fingerprint density at radius 1 is 1.38 bits per heavy atom. The van der Waals surface area contributed by atoms with Crippen LogP contribution in [0, 0.1) is 11.3 Å². The topological polar surface area (TPSA) is 82.6 Å². The Kier molecular flexibility index (Phi) is 5.26. The van der Waals surface area contributed by atoms with Gasteiger partial charge in [0, 0.05) is 18.3 Å². The molecule has 0 atom stereocenters. The number of amidine groups is 1. The number of aromatic nitrogens is 1. The molecule has 0 fully saturated rings. The molecule has 0 aliphatic carbocycles. The predicted octanol–water partition coefficient (Wildman–Crippen LogP) is 3.50. The highest BCUT2D eigenvalue weighted by molar-refractivity contribution is 6.30. The third-order valence-corrected chi connectivity index (χ3v) is 4.28. The molecule has 7 nitrogen and oxygen atoms in total. The molecule has 1 aromatic heterocycles. The summed E-state index contributed by atoms with van der Waals surface area (Å²) in [6.07, 6.45) is -3.82. The van der Waals surface area contributed by atoms with Crippen molar-refractivity contribution in [2.24, 2.45) is 5.10 Å². The number of likely N-dealkylation sites (N-methyl/N-ethyl adjacent to an activating group) is 1. The minimum Gasteiger partial charge on any atom is -0.451 e. The summed E-state index contributed by atoms with van der Waals surface area (Å²) >= 11 is 5.87. The van der Waals surface area contributed by atoms with Gasteiger partial charge in [-0.15, -0.1) is 0 Å². The van der Waals surface area contributed by atoms with Crippen molar-refractivity contribution in [3.8, 4) is 17.6 Å². The van der Waals surface area contributed by atoms with Crippen LogP contribution in [-0.4, -0.2) is 22.4 Å². The summed E-state index contributed by atoms with van der Waals surface area (Å²) < 4.78 is 46.6. The summed E-state index contributed by atoms with van der Waals surface area (Å²) in [4.78, 5) is 14.3. The number of benzene rings is 1. The highest BCUT2D eigenvalue weighted by Gasteiger charge is 2.37. The van der Waals surface area contributed by atoms with E-state index < -0.39 is 23.0 Å². The van der Waals surface area contributed by atoms with E-state index in [0.717, 1.165) is 16.8 Å². The number of hydrogen-bond acceptors (Lipinski definition) is 6. The zero-order valence-corrected chi connectivity index (χ0v) is 15.7. The number of alkyl halides is 3. The van der Waals surface area contributed by atoms with Gasteiger partial charge in [0.1, 0.15) is 17.1 Å². The van der Waals surface area contributed by atoms with Crippen molar-refractivity contribution in [1.29, 1.82) is 5.26 Å². The first-order valence-electron chi connectivity index (χ1n) is 8.04. The van der Waals surface area contributed by atoms with Gasteiger partial charge >= 0.3 is 6.18 Å². The number of halogens is 4. The van der Waals surface area contributed by atoms with Crippen molar-refractivity contribution >= 4 is 17.4 Å². The van der Waals surface area contributed by atoms with Crippen LogP contribution in [-0.2, 0) is 12.7 Å². The van der Waals surface area contributed by atoms with E-state index in [9.17, 15) is 18.0 Å². The van der Waals surface area contributed by atoms with Crippen molar-refractivity contribution in [2.45, 2.75) is 12.7 Å². The van der Waals surface area contributed by atoms with E-state index in [4.69, 9.17) is 21.6 Å². The van der Waals surface area contributed by atoms with E-state index >= 15 is 0 Å². The van der Waals surface area contributed by atoms with E-state index in [1.807, 2.05) is 6.07 Å². The maximum Gasteiger partial charge on any atom is 0.420 e. The number of rotatable bonds is 4. The Labute approximate surface area is 167 Å². The van der Waals surface area contributed by atoms with Gasteiger partial charge in [-0.1, -0.05) is 18.2 Å². The van der Waals surface area contributed by atoms with Crippen LogP contribution in [0.2, 0.25) is 5.02 Å². The summed E-state index contributed by atoms with van der Waals surface area (Å²) in [5.41, 5.74) is 0.419. The minimum atomic E-state index is -4.83. The summed E-state index contributed by atoms with van der Waals surface area (Å²) in [6.45, 7) is 3.58. The van der Waals surface area contributed by atoms with E-state index in [-0.39, 0.29) is 22.9 Å². The molecule has 0 radical (unpaired) electrons. The van der Waals surface area contributed by atoms with Crippen LogP contribution >= 0.6 is 11.6 Å². The Hall–Kier alpha value is -3.45. The van der Waals surface area contributed by atoms with E-state index in [1.54, 1.807) is 11.9 Å². The number of nitriles is 1. The van der Waals surface area contributed by atoms with E-state index in [0.29, 0.717) is 11.7 Å². The second-order valence-electron chi connectivity index (χ2n) is 6.02. The van der Waals surface area contributed by atoms with E-state index in [1.165, 1.54) is 18.2 Å². The molecule has 1 aliphatic heterocycles. The van der Waals surface area contributed by atoms with Gasteiger partial charge in [0.15, 0.2) is 5.84 Å². The quantitative estimate of drug-likeness (QED) is 0.813. The van der Waals surface area contributed by atoms with Crippen LogP contribution in [0.25, 0.3) is 0 Å². The molecule has 150 valence electrons. The maximum absolute atomic E-state index is 13.4. The lowest BCUT2D eigenvalue weighted by atomic mass is 10.2. The third-order valence-electron chi connectivity index (χ3n) is 4.06. The zero-order chi connectivity index (χ0) is 21.3. The highest BCUT2D eigenvalue weighted by atomic mass is 35.5. The molecule has 1 aromatic carbocycles. The average molecular weight is 424 g/mol. The molecule has 1 aliphatic rings. The standard InChI is InChI=1S/C18H13ClF3N5O2/c1-10-24-25-15(26(10)2)9-27-4-3-14(18(20,21)22)16(17(27)28)29-13-6-11(8-23)5-12(19)7-13/h3-7,24H,1,9H2,2H3. The highest BCUT2D eigenvalue weighted by Crippen LogP contribution is 2.36. The molecule has 0 unspecified atom stereocenters. The Morgan fingerprint density at radius 2 is 2.10 bits per heavy atom. The number of hydrazone groups is 1. The lowest BCUT2D eigenvalue weighted by Gasteiger charge is -2.17. The van der Waals surface area contributed by atoms with E-state index in [2.05, 4.69) is 17.1 Å². The van der Waals surface area contributed by atoms with Crippen molar-refractivity contribution in [3.05, 3.63) is 69.4 Å². The van der Waals surface area contributed by atoms with Crippen LogP contribution < -0.4 is 15.7 Å². The van der Waals surface area contributed by atoms with Crippen molar-refractivity contribution < 1.29 is 17.9 Å².